The third-order valence-corrected chi connectivity index (χ3v) is 5.18. The number of anilines is 1. The SMILES string of the molecule is CC(C)c1ccc(NCC2CSc3ccccc32)cc1. The number of benzene rings is 2. The molecule has 1 nitrogen and oxygen atoms in total. The number of rotatable bonds is 4. The van der Waals surface area contributed by atoms with Crippen LogP contribution in [0.15, 0.2) is 53.4 Å². The Balaban J connectivity index is 1.63. The number of nitrogens with one attached hydrogen (secondary N) is 1. The molecule has 1 aliphatic rings. The lowest BCUT2D eigenvalue weighted by Gasteiger charge is -2.14. The Hall–Kier alpha value is -1.41. The molecule has 1 aliphatic heterocycles. The van der Waals surface area contributed by atoms with Gasteiger partial charge in [-0.15, -0.1) is 11.8 Å². The highest BCUT2D eigenvalue weighted by molar-refractivity contribution is 7.99. The molecule has 2 aromatic carbocycles. The van der Waals surface area contributed by atoms with Crippen molar-refractivity contribution in [3.63, 3.8) is 0 Å². The predicted molar refractivity (Wildman–Crippen MR) is 88.9 cm³/mol. The fourth-order valence-electron chi connectivity index (χ4n) is 2.63. The first-order valence-electron chi connectivity index (χ1n) is 7.29. The molecule has 1 unspecified atom stereocenters. The Morgan fingerprint density at radius 3 is 2.60 bits per heavy atom. The normalized spacial score (nSPS) is 17.2. The summed E-state index contributed by atoms with van der Waals surface area (Å²) in [7, 11) is 0. The van der Waals surface area contributed by atoms with Gasteiger partial charge in [-0.2, -0.15) is 0 Å². The van der Waals surface area contributed by atoms with Gasteiger partial charge in [0.2, 0.25) is 0 Å². The third-order valence-electron chi connectivity index (χ3n) is 3.93. The summed E-state index contributed by atoms with van der Waals surface area (Å²) in [5.41, 5.74) is 4.13. The highest BCUT2D eigenvalue weighted by Gasteiger charge is 2.22. The maximum atomic E-state index is 3.58. The second-order valence-corrected chi connectivity index (χ2v) is 6.77. The van der Waals surface area contributed by atoms with Crippen LogP contribution in [0.3, 0.4) is 0 Å². The zero-order valence-corrected chi connectivity index (χ0v) is 12.9. The lowest BCUT2D eigenvalue weighted by molar-refractivity contribution is 0.818. The summed E-state index contributed by atoms with van der Waals surface area (Å²) >= 11 is 1.98. The van der Waals surface area contributed by atoms with Crippen molar-refractivity contribution in [3.8, 4) is 0 Å². The smallest absolute Gasteiger partial charge is 0.0340 e. The van der Waals surface area contributed by atoms with Gasteiger partial charge in [-0.25, -0.2) is 0 Å². The molecule has 20 heavy (non-hydrogen) atoms. The van der Waals surface area contributed by atoms with Gasteiger partial charge in [-0.05, 0) is 35.2 Å². The minimum Gasteiger partial charge on any atom is -0.384 e. The fourth-order valence-corrected chi connectivity index (χ4v) is 3.88. The molecular weight excluding hydrogens is 262 g/mol. The van der Waals surface area contributed by atoms with Crippen molar-refractivity contribution >= 4 is 17.4 Å². The van der Waals surface area contributed by atoms with Crippen LogP contribution in [-0.2, 0) is 0 Å². The predicted octanol–water partition coefficient (Wildman–Crippen LogP) is 5.11. The summed E-state index contributed by atoms with van der Waals surface area (Å²) < 4.78 is 0. The van der Waals surface area contributed by atoms with Gasteiger partial charge in [-0.3, -0.25) is 0 Å². The van der Waals surface area contributed by atoms with Crippen molar-refractivity contribution in [1.82, 2.24) is 0 Å². The van der Waals surface area contributed by atoms with E-state index < -0.39 is 0 Å². The molecule has 1 N–H and O–H groups in total. The molecule has 1 heterocycles. The summed E-state index contributed by atoms with van der Waals surface area (Å²) in [6.45, 7) is 5.48. The van der Waals surface area contributed by atoms with Gasteiger partial charge >= 0.3 is 0 Å². The molecule has 0 radical (unpaired) electrons. The second kappa shape index (κ2) is 5.92. The van der Waals surface area contributed by atoms with Crippen molar-refractivity contribution in [3.05, 3.63) is 59.7 Å². The molecule has 2 heteroatoms. The molecule has 1 atom stereocenters. The lowest BCUT2D eigenvalue weighted by Crippen LogP contribution is -2.12. The molecule has 0 amide bonds. The van der Waals surface area contributed by atoms with Crippen molar-refractivity contribution in [2.75, 3.05) is 17.6 Å². The molecule has 0 aliphatic carbocycles. The van der Waals surface area contributed by atoms with Gasteiger partial charge in [0.05, 0.1) is 0 Å². The summed E-state index contributed by atoms with van der Waals surface area (Å²) in [5.74, 6) is 2.42. The van der Waals surface area contributed by atoms with E-state index in [1.165, 1.54) is 27.5 Å². The van der Waals surface area contributed by atoms with Gasteiger partial charge in [0, 0.05) is 28.8 Å². The monoisotopic (exact) mass is 283 g/mol. The van der Waals surface area contributed by atoms with Crippen LogP contribution in [0.1, 0.15) is 36.8 Å². The van der Waals surface area contributed by atoms with Crippen molar-refractivity contribution < 1.29 is 0 Å². The van der Waals surface area contributed by atoms with E-state index in [1.807, 2.05) is 11.8 Å². The molecule has 0 bridgehead atoms. The summed E-state index contributed by atoms with van der Waals surface area (Å²) in [4.78, 5) is 1.45. The average molecular weight is 283 g/mol. The molecule has 104 valence electrons. The van der Waals surface area contributed by atoms with E-state index in [0.29, 0.717) is 11.8 Å². The highest BCUT2D eigenvalue weighted by Crippen LogP contribution is 2.39. The molecule has 2 aromatic rings. The van der Waals surface area contributed by atoms with Gasteiger partial charge in [0.1, 0.15) is 0 Å². The van der Waals surface area contributed by atoms with E-state index in [1.54, 1.807) is 0 Å². The van der Waals surface area contributed by atoms with Crippen LogP contribution in [0.4, 0.5) is 5.69 Å². The largest absolute Gasteiger partial charge is 0.384 e. The van der Waals surface area contributed by atoms with Crippen LogP contribution in [0, 0.1) is 0 Å². The summed E-state index contributed by atoms with van der Waals surface area (Å²) in [5, 5.41) is 3.58. The average Bonchev–Trinajstić information content (AvgIpc) is 2.89. The van der Waals surface area contributed by atoms with E-state index in [0.717, 1.165) is 6.54 Å². The maximum absolute atomic E-state index is 3.58. The zero-order valence-electron chi connectivity index (χ0n) is 12.1. The van der Waals surface area contributed by atoms with Crippen LogP contribution in [0.25, 0.3) is 0 Å². The molecule has 0 aromatic heterocycles. The van der Waals surface area contributed by atoms with E-state index in [4.69, 9.17) is 0 Å². The lowest BCUT2D eigenvalue weighted by atomic mass is 10.0. The highest BCUT2D eigenvalue weighted by atomic mass is 32.2. The maximum Gasteiger partial charge on any atom is 0.0340 e. The number of fused-ring (bicyclic) bond motifs is 1. The Kier molecular flexibility index (Phi) is 4.02. The van der Waals surface area contributed by atoms with Gasteiger partial charge in [0.15, 0.2) is 0 Å². The Bertz CT molecular complexity index is 574. The molecular formula is C18H21NS. The van der Waals surface area contributed by atoms with E-state index in [-0.39, 0.29) is 0 Å². The Labute approximate surface area is 125 Å². The first-order valence-corrected chi connectivity index (χ1v) is 8.28. The van der Waals surface area contributed by atoms with E-state index in [2.05, 4.69) is 67.7 Å². The zero-order chi connectivity index (χ0) is 13.9. The van der Waals surface area contributed by atoms with Gasteiger partial charge in [-0.1, -0.05) is 44.2 Å². The number of hydrogen-bond donors (Lipinski definition) is 1. The van der Waals surface area contributed by atoms with E-state index in [9.17, 15) is 0 Å². The van der Waals surface area contributed by atoms with Gasteiger partial charge < -0.3 is 5.32 Å². The molecule has 0 spiro atoms. The molecule has 0 saturated heterocycles. The van der Waals surface area contributed by atoms with Crippen LogP contribution >= 0.6 is 11.8 Å². The van der Waals surface area contributed by atoms with Crippen molar-refractivity contribution in [2.24, 2.45) is 0 Å². The van der Waals surface area contributed by atoms with Crippen molar-refractivity contribution in [2.45, 2.75) is 30.6 Å². The van der Waals surface area contributed by atoms with Crippen LogP contribution in [0.2, 0.25) is 0 Å². The quantitative estimate of drug-likeness (QED) is 0.836. The van der Waals surface area contributed by atoms with Crippen LogP contribution in [-0.4, -0.2) is 12.3 Å². The molecule has 0 saturated carbocycles. The number of thioether (sulfide) groups is 1. The Morgan fingerprint density at radius 1 is 1.10 bits per heavy atom. The van der Waals surface area contributed by atoms with E-state index >= 15 is 0 Å². The third kappa shape index (κ3) is 2.85. The van der Waals surface area contributed by atoms with Gasteiger partial charge in [0.25, 0.3) is 0 Å². The molecule has 0 fully saturated rings. The minimum atomic E-state index is 0.599. The first kappa shape index (κ1) is 13.6. The first-order chi connectivity index (χ1) is 9.74. The fraction of sp³-hybridized carbons (Fsp3) is 0.333. The topological polar surface area (TPSA) is 12.0 Å². The summed E-state index contributed by atoms with van der Waals surface area (Å²) in [6, 6.07) is 17.6. The number of hydrogen-bond acceptors (Lipinski definition) is 2. The standard InChI is InChI=1S/C18H21NS/c1-13(2)14-7-9-16(10-8-14)19-11-15-12-20-18-6-4-3-5-17(15)18/h3-10,13,15,19H,11-12H2,1-2H3. The second-order valence-electron chi connectivity index (χ2n) is 5.70. The summed E-state index contributed by atoms with van der Waals surface area (Å²) in [6.07, 6.45) is 0. The Morgan fingerprint density at radius 2 is 1.85 bits per heavy atom. The van der Waals surface area contributed by atoms with Crippen LogP contribution in [0.5, 0.6) is 0 Å². The molecule has 3 rings (SSSR count). The minimum absolute atomic E-state index is 0.599. The van der Waals surface area contributed by atoms with Crippen molar-refractivity contribution in [1.29, 1.82) is 0 Å². The van der Waals surface area contributed by atoms with Crippen LogP contribution < -0.4 is 5.32 Å².